The van der Waals surface area contributed by atoms with Gasteiger partial charge in [-0.25, -0.2) is 14.2 Å². The fraction of sp³-hybridized carbons (Fsp3) is 0.417. The van der Waals surface area contributed by atoms with Crippen LogP contribution in [0.4, 0.5) is 9.18 Å². The van der Waals surface area contributed by atoms with Gasteiger partial charge in [0.25, 0.3) is 5.91 Å². The molecule has 1 aliphatic rings. The maximum Gasteiger partial charge on any atom is 0.410 e. The molecular weight excluding hydrogens is 443 g/mol. The van der Waals surface area contributed by atoms with Gasteiger partial charge in [0.1, 0.15) is 17.9 Å². The van der Waals surface area contributed by atoms with Gasteiger partial charge in [0.15, 0.2) is 17.3 Å². The van der Waals surface area contributed by atoms with Crippen LogP contribution in [0.2, 0.25) is 0 Å². The predicted molar refractivity (Wildman–Crippen MR) is 121 cm³/mol. The lowest BCUT2D eigenvalue weighted by Gasteiger charge is -2.26. The summed E-state index contributed by atoms with van der Waals surface area (Å²) in [4.78, 5) is 31.6. The molecule has 1 N–H and O–H groups in total. The van der Waals surface area contributed by atoms with E-state index in [9.17, 15) is 14.0 Å². The van der Waals surface area contributed by atoms with Gasteiger partial charge in [0.05, 0.1) is 24.0 Å². The molecule has 0 saturated heterocycles. The number of carbonyl (C=O) groups is 2. The van der Waals surface area contributed by atoms with E-state index in [4.69, 9.17) is 14.0 Å². The summed E-state index contributed by atoms with van der Waals surface area (Å²) in [5, 5.41) is 7.35. The van der Waals surface area contributed by atoms with Gasteiger partial charge in [-0.2, -0.15) is 0 Å². The molecule has 0 unspecified atom stereocenters. The van der Waals surface area contributed by atoms with Crippen molar-refractivity contribution in [1.29, 1.82) is 0 Å². The number of aromatic nitrogens is 2. The van der Waals surface area contributed by atoms with Crippen molar-refractivity contribution < 1.29 is 28.0 Å². The summed E-state index contributed by atoms with van der Waals surface area (Å²) in [7, 11) is 0. The lowest BCUT2D eigenvalue weighted by Crippen LogP contribution is -2.42. The smallest absolute Gasteiger partial charge is 0.410 e. The number of amides is 2. The van der Waals surface area contributed by atoms with Crippen LogP contribution >= 0.6 is 0 Å². The number of fused-ring (bicyclic) bond motifs is 2. The van der Waals surface area contributed by atoms with Gasteiger partial charge in [-0.05, 0) is 52.8 Å². The number of nitrogens with zero attached hydrogens (tertiary/aromatic N) is 3. The third-order valence-electron chi connectivity index (χ3n) is 5.29. The average molecular weight is 471 g/mol. The number of pyridine rings is 1. The molecule has 0 atom stereocenters. The van der Waals surface area contributed by atoms with Crippen molar-refractivity contribution in [2.45, 2.75) is 52.3 Å². The molecule has 0 bridgehead atoms. The normalized spacial score (nSPS) is 14.2. The SMILES string of the molecule is CC(C)(C)OC(=O)N1CCOc2c(ccnc2C(=O)NC(C)(C)c2noc3c(F)cccc23)C1. The number of rotatable bonds is 3. The van der Waals surface area contributed by atoms with E-state index in [0.29, 0.717) is 28.9 Å². The number of halogens is 1. The molecule has 180 valence electrons. The summed E-state index contributed by atoms with van der Waals surface area (Å²) in [5.41, 5.74) is -0.512. The maximum atomic E-state index is 14.0. The van der Waals surface area contributed by atoms with Crippen molar-refractivity contribution in [3.8, 4) is 5.75 Å². The number of nitrogens with one attached hydrogen (secondary N) is 1. The largest absolute Gasteiger partial charge is 0.489 e. The van der Waals surface area contributed by atoms with Gasteiger partial charge in [-0.1, -0.05) is 11.2 Å². The van der Waals surface area contributed by atoms with Crippen molar-refractivity contribution in [1.82, 2.24) is 20.4 Å². The minimum atomic E-state index is -1.01. The average Bonchev–Trinajstić information content (AvgIpc) is 3.07. The number of benzene rings is 1. The number of hydrogen-bond acceptors (Lipinski definition) is 7. The summed E-state index contributed by atoms with van der Waals surface area (Å²) in [6.07, 6.45) is 1.03. The second-order valence-corrected chi connectivity index (χ2v) is 9.62. The van der Waals surface area contributed by atoms with Gasteiger partial charge in [0.2, 0.25) is 5.58 Å². The second-order valence-electron chi connectivity index (χ2n) is 9.62. The van der Waals surface area contributed by atoms with E-state index in [1.165, 1.54) is 17.2 Å². The minimum absolute atomic E-state index is 0.0251. The molecule has 3 aromatic rings. The molecule has 0 fully saturated rings. The molecule has 3 heterocycles. The molecule has 34 heavy (non-hydrogen) atoms. The highest BCUT2D eigenvalue weighted by Crippen LogP contribution is 2.31. The summed E-state index contributed by atoms with van der Waals surface area (Å²) in [5.74, 6) is -0.727. The molecule has 0 spiro atoms. The summed E-state index contributed by atoms with van der Waals surface area (Å²) >= 11 is 0. The highest BCUT2D eigenvalue weighted by atomic mass is 19.1. The molecule has 1 aromatic carbocycles. The minimum Gasteiger partial charge on any atom is -0.489 e. The van der Waals surface area contributed by atoms with E-state index in [2.05, 4.69) is 15.5 Å². The van der Waals surface area contributed by atoms with Crippen molar-refractivity contribution in [3.63, 3.8) is 0 Å². The zero-order valence-corrected chi connectivity index (χ0v) is 19.8. The topological polar surface area (TPSA) is 107 Å². The second kappa shape index (κ2) is 8.58. The Hall–Kier alpha value is -3.69. The van der Waals surface area contributed by atoms with E-state index in [-0.39, 0.29) is 24.4 Å². The first-order valence-corrected chi connectivity index (χ1v) is 10.9. The number of hydrogen-bond donors (Lipinski definition) is 1. The van der Waals surface area contributed by atoms with Crippen molar-refractivity contribution in [2.24, 2.45) is 0 Å². The predicted octanol–water partition coefficient (Wildman–Crippen LogP) is 4.16. The quantitative estimate of drug-likeness (QED) is 0.613. The van der Waals surface area contributed by atoms with E-state index < -0.39 is 29.0 Å². The first-order valence-electron chi connectivity index (χ1n) is 10.9. The molecule has 2 aromatic heterocycles. The van der Waals surface area contributed by atoms with Crippen LogP contribution in [0.5, 0.6) is 5.75 Å². The standard InChI is InChI=1S/C24H27FN4O5/c1-23(2,3)33-22(31)29-11-12-32-18-14(13-29)9-10-26-17(18)21(30)27-24(4,5)20-15-7-6-8-16(25)19(15)34-28-20/h6-10H,11-13H2,1-5H3,(H,27,30). The van der Waals surface area contributed by atoms with E-state index in [0.717, 1.165) is 0 Å². The maximum absolute atomic E-state index is 14.0. The van der Waals surface area contributed by atoms with Crippen molar-refractivity contribution in [2.75, 3.05) is 13.2 Å². The Balaban J connectivity index is 1.58. The van der Waals surface area contributed by atoms with Crippen LogP contribution in [-0.2, 0) is 16.8 Å². The van der Waals surface area contributed by atoms with Crippen LogP contribution in [0.1, 0.15) is 56.4 Å². The van der Waals surface area contributed by atoms with Crippen molar-refractivity contribution >= 4 is 23.0 Å². The molecule has 4 rings (SSSR count). The molecule has 0 saturated carbocycles. The Kier molecular flexibility index (Phi) is 5.93. The lowest BCUT2D eigenvalue weighted by atomic mass is 9.96. The van der Waals surface area contributed by atoms with Crippen LogP contribution < -0.4 is 10.1 Å². The fourth-order valence-corrected chi connectivity index (χ4v) is 3.74. The lowest BCUT2D eigenvalue weighted by molar-refractivity contribution is 0.0225. The van der Waals surface area contributed by atoms with E-state index >= 15 is 0 Å². The molecule has 0 radical (unpaired) electrons. The number of para-hydroxylation sites is 1. The Labute approximate surface area is 196 Å². The number of ether oxygens (including phenoxy) is 2. The molecule has 9 nitrogen and oxygen atoms in total. The van der Waals surface area contributed by atoms with Gasteiger partial charge in [-0.15, -0.1) is 0 Å². The summed E-state index contributed by atoms with van der Waals surface area (Å²) in [6.45, 7) is 9.56. The fourth-order valence-electron chi connectivity index (χ4n) is 3.74. The molecule has 10 heteroatoms. The Morgan fingerprint density at radius 3 is 2.68 bits per heavy atom. The molecular formula is C24H27FN4O5. The van der Waals surface area contributed by atoms with E-state index in [1.54, 1.807) is 52.8 Å². The molecule has 1 aliphatic heterocycles. The van der Waals surface area contributed by atoms with Gasteiger partial charge < -0.3 is 24.2 Å². The Morgan fingerprint density at radius 1 is 1.18 bits per heavy atom. The zero-order valence-electron chi connectivity index (χ0n) is 19.8. The third kappa shape index (κ3) is 4.66. The van der Waals surface area contributed by atoms with Crippen LogP contribution in [0.25, 0.3) is 11.0 Å². The van der Waals surface area contributed by atoms with Crippen LogP contribution in [-0.4, -0.2) is 45.8 Å². The first-order chi connectivity index (χ1) is 16.0. The van der Waals surface area contributed by atoms with Crippen LogP contribution in [0.3, 0.4) is 0 Å². The summed E-state index contributed by atoms with van der Waals surface area (Å²) in [6, 6.07) is 6.22. The van der Waals surface area contributed by atoms with Gasteiger partial charge in [-0.3, -0.25) is 4.79 Å². The van der Waals surface area contributed by atoms with Gasteiger partial charge in [0, 0.05) is 11.8 Å². The monoisotopic (exact) mass is 470 g/mol. The van der Waals surface area contributed by atoms with E-state index in [1.807, 2.05) is 0 Å². The third-order valence-corrected chi connectivity index (χ3v) is 5.29. The highest BCUT2D eigenvalue weighted by molar-refractivity contribution is 5.96. The highest BCUT2D eigenvalue weighted by Gasteiger charge is 2.33. The zero-order chi connectivity index (χ0) is 24.7. The van der Waals surface area contributed by atoms with Gasteiger partial charge >= 0.3 is 6.09 Å². The number of carbonyl (C=O) groups excluding carboxylic acids is 2. The first kappa shape index (κ1) is 23.5. The molecule has 0 aliphatic carbocycles. The Morgan fingerprint density at radius 2 is 1.94 bits per heavy atom. The molecule has 2 amide bonds. The van der Waals surface area contributed by atoms with Crippen LogP contribution in [0.15, 0.2) is 35.0 Å². The van der Waals surface area contributed by atoms with Crippen molar-refractivity contribution in [3.05, 3.63) is 53.2 Å². The van der Waals surface area contributed by atoms with Crippen LogP contribution in [0, 0.1) is 5.82 Å². The summed E-state index contributed by atoms with van der Waals surface area (Å²) < 4.78 is 30.5. The Bertz CT molecular complexity index is 1250.